The molecule has 0 spiro atoms. The number of carboxylic acid groups (broad SMARTS) is 1. The van der Waals surface area contributed by atoms with Crippen LogP contribution in [0.2, 0.25) is 10.0 Å². The second-order valence-corrected chi connectivity index (χ2v) is 7.26. The second kappa shape index (κ2) is 7.77. The number of carboxylic acids is 1. The largest absolute Gasteiger partial charge is 0.481 e. The maximum Gasteiger partial charge on any atom is 0.307 e. The lowest BCUT2D eigenvalue weighted by atomic mass is 9.82. The molecule has 1 fully saturated rings. The highest BCUT2D eigenvalue weighted by Crippen LogP contribution is 2.48. The van der Waals surface area contributed by atoms with Crippen molar-refractivity contribution in [1.82, 2.24) is 5.32 Å². The fourth-order valence-corrected chi connectivity index (χ4v) is 4.16. The van der Waals surface area contributed by atoms with Gasteiger partial charge in [-0.3, -0.25) is 9.59 Å². The molecule has 0 aromatic heterocycles. The lowest BCUT2D eigenvalue weighted by Crippen LogP contribution is -2.41. The van der Waals surface area contributed by atoms with Gasteiger partial charge < -0.3 is 15.2 Å². The third-order valence-corrected chi connectivity index (χ3v) is 5.45. The summed E-state index contributed by atoms with van der Waals surface area (Å²) in [6.07, 6.45) is 4.64. The molecule has 0 saturated heterocycles. The van der Waals surface area contributed by atoms with Gasteiger partial charge in [-0.1, -0.05) is 41.4 Å². The summed E-state index contributed by atoms with van der Waals surface area (Å²) in [5.41, 5.74) is 0.821. The van der Waals surface area contributed by atoms with E-state index in [1.165, 1.54) is 0 Å². The molecule has 0 radical (unpaired) electrons. The van der Waals surface area contributed by atoms with E-state index in [1.807, 2.05) is 12.2 Å². The van der Waals surface area contributed by atoms with E-state index < -0.39 is 17.8 Å². The highest BCUT2D eigenvalue weighted by molar-refractivity contribution is 6.35. The molecule has 134 valence electrons. The van der Waals surface area contributed by atoms with Crippen LogP contribution < -0.4 is 5.32 Å². The van der Waals surface area contributed by atoms with Crippen molar-refractivity contribution >= 4 is 35.1 Å². The van der Waals surface area contributed by atoms with E-state index in [0.29, 0.717) is 29.8 Å². The van der Waals surface area contributed by atoms with Crippen LogP contribution in [0.4, 0.5) is 0 Å². The Bertz CT molecular complexity index is 706. The first-order valence-corrected chi connectivity index (χ1v) is 8.93. The van der Waals surface area contributed by atoms with Crippen molar-refractivity contribution in [2.75, 3.05) is 13.2 Å². The van der Waals surface area contributed by atoms with Crippen LogP contribution in [-0.2, 0) is 20.9 Å². The van der Waals surface area contributed by atoms with Gasteiger partial charge in [0.2, 0.25) is 5.91 Å². The molecule has 2 bridgehead atoms. The number of aliphatic carboxylic acids is 1. The summed E-state index contributed by atoms with van der Waals surface area (Å²) in [7, 11) is 0. The van der Waals surface area contributed by atoms with Gasteiger partial charge >= 0.3 is 5.97 Å². The number of carbonyl (C=O) groups excluding carboxylic acids is 1. The average molecular weight is 384 g/mol. The number of carbonyl (C=O) groups is 2. The standard InChI is InChI=1S/C18H19Cl2NO4/c19-13-4-3-12(14(20)8-13)9-25-6-5-21-17(22)15-10-1-2-11(7-10)16(15)18(23)24/h1-4,8,10-11,15-16H,5-7,9H2,(H,21,22)(H,23,24). The van der Waals surface area contributed by atoms with Crippen LogP contribution in [0.3, 0.4) is 0 Å². The van der Waals surface area contributed by atoms with Gasteiger partial charge in [0.25, 0.3) is 0 Å². The molecule has 5 nitrogen and oxygen atoms in total. The Kier molecular flexibility index (Phi) is 5.67. The zero-order chi connectivity index (χ0) is 18.0. The zero-order valence-electron chi connectivity index (χ0n) is 13.5. The smallest absolute Gasteiger partial charge is 0.307 e. The predicted molar refractivity (Wildman–Crippen MR) is 94.5 cm³/mol. The quantitative estimate of drug-likeness (QED) is 0.560. The van der Waals surface area contributed by atoms with Gasteiger partial charge in [-0.25, -0.2) is 0 Å². The second-order valence-electron chi connectivity index (χ2n) is 6.42. The summed E-state index contributed by atoms with van der Waals surface area (Å²) >= 11 is 11.9. The van der Waals surface area contributed by atoms with Crippen LogP contribution in [-0.4, -0.2) is 30.1 Å². The summed E-state index contributed by atoms with van der Waals surface area (Å²) in [6, 6.07) is 5.18. The topological polar surface area (TPSA) is 75.6 Å². The van der Waals surface area contributed by atoms with Crippen molar-refractivity contribution in [3.05, 3.63) is 46.0 Å². The number of halogens is 2. The third kappa shape index (κ3) is 4.00. The summed E-state index contributed by atoms with van der Waals surface area (Å²) in [4.78, 5) is 23.8. The highest BCUT2D eigenvalue weighted by atomic mass is 35.5. The lowest BCUT2D eigenvalue weighted by molar-refractivity contribution is -0.147. The minimum absolute atomic E-state index is 0.0263. The molecule has 4 unspecified atom stereocenters. The van der Waals surface area contributed by atoms with Gasteiger partial charge in [-0.15, -0.1) is 0 Å². The van der Waals surface area contributed by atoms with Crippen LogP contribution >= 0.6 is 23.2 Å². The van der Waals surface area contributed by atoms with E-state index in [-0.39, 0.29) is 17.7 Å². The number of nitrogens with one attached hydrogen (secondary N) is 1. The predicted octanol–water partition coefficient (Wildman–Crippen LogP) is 3.15. The van der Waals surface area contributed by atoms with Gasteiger partial charge in [0.1, 0.15) is 0 Å². The van der Waals surface area contributed by atoms with E-state index in [2.05, 4.69) is 5.32 Å². The normalized spacial score (nSPS) is 26.8. The molecule has 2 aliphatic carbocycles. The summed E-state index contributed by atoms with van der Waals surface area (Å²) < 4.78 is 5.52. The van der Waals surface area contributed by atoms with Gasteiger partial charge in [0, 0.05) is 16.6 Å². The first-order valence-electron chi connectivity index (χ1n) is 8.18. The van der Waals surface area contributed by atoms with Crippen LogP contribution in [0, 0.1) is 23.7 Å². The number of fused-ring (bicyclic) bond motifs is 2. The fraction of sp³-hybridized carbons (Fsp3) is 0.444. The summed E-state index contributed by atoms with van der Waals surface area (Å²) in [6.45, 7) is 0.966. The Hall–Kier alpha value is -1.56. The Morgan fingerprint density at radius 2 is 1.92 bits per heavy atom. The molecule has 2 aliphatic rings. The molecule has 3 rings (SSSR count). The first-order chi connectivity index (χ1) is 12.0. The van der Waals surface area contributed by atoms with Gasteiger partial charge in [0.15, 0.2) is 0 Å². The van der Waals surface area contributed by atoms with E-state index in [0.717, 1.165) is 12.0 Å². The van der Waals surface area contributed by atoms with Crippen molar-refractivity contribution in [3.63, 3.8) is 0 Å². The van der Waals surface area contributed by atoms with Gasteiger partial charge in [-0.05, 0) is 36.0 Å². The maximum absolute atomic E-state index is 12.4. The monoisotopic (exact) mass is 383 g/mol. The van der Waals surface area contributed by atoms with Crippen molar-refractivity contribution in [2.45, 2.75) is 13.0 Å². The van der Waals surface area contributed by atoms with E-state index in [1.54, 1.807) is 18.2 Å². The van der Waals surface area contributed by atoms with Crippen LogP contribution in [0.5, 0.6) is 0 Å². The molecule has 4 atom stereocenters. The number of hydrogen-bond acceptors (Lipinski definition) is 3. The fourth-order valence-electron chi connectivity index (χ4n) is 3.70. The van der Waals surface area contributed by atoms with Gasteiger partial charge in [0.05, 0.1) is 25.0 Å². The number of benzene rings is 1. The van der Waals surface area contributed by atoms with E-state index in [4.69, 9.17) is 27.9 Å². The number of amides is 1. The average Bonchev–Trinajstić information content (AvgIpc) is 3.17. The molecule has 25 heavy (non-hydrogen) atoms. The number of ether oxygens (including phenoxy) is 1. The van der Waals surface area contributed by atoms with Crippen LogP contribution in [0.1, 0.15) is 12.0 Å². The number of hydrogen-bond donors (Lipinski definition) is 2. The molecular formula is C18H19Cl2NO4. The molecule has 1 saturated carbocycles. The van der Waals surface area contributed by atoms with Crippen LogP contribution in [0.25, 0.3) is 0 Å². The Morgan fingerprint density at radius 3 is 2.60 bits per heavy atom. The van der Waals surface area contributed by atoms with Crippen molar-refractivity contribution in [2.24, 2.45) is 23.7 Å². The SMILES string of the molecule is O=C(O)C1C2C=CC(C2)C1C(=O)NCCOCc1ccc(Cl)cc1Cl. The van der Waals surface area contributed by atoms with E-state index >= 15 is 0 Å². The van der Waals surface area contributed by atoms with Crippen LogP contribution in [0.15, 0.2) is 30.4 Å². The van der Waals surface area contributed by atoms with Crippen molar-refractivity contribution < 1.29 is 19.4 Å². The minimum Gasteiger partial charge on any atom is -0.481 e. The molecule has 2 N–H and O–H groups in total. The lowest BCUT2D eigenvalue weighted by Gasteiger charge is -2.23. The molecule has 1 amide bonds. The minimum atomic E-state index is -0.898. The van der Waals surface area contributed by atoms with Crippen molar-refractivity contribution in [1.29, 1.82) is 0 Å². The number of rotatable bonds is 7. The van der Waals surface area contributed by atoms with E-state index in [9.17, 15) is 14.7 Å². The third-order valence-electron chi connectivity index (χ3n) is 4.87. The molecular weight excluding hydrogens is 365 g/mol. The Balaban J connectivity index is 1.44. The number of allylic oxidation sites excluding steroid dienone is 2. The highest BCUT2D eigenvalue weighted by Gasteiger charge is 2.51. The maximum atomic E-state index is 12.4. The molecule has 7 heteroatoms. The summed E-state index contributed by atoms with van der Waals surface area (Å²) in [5, 5.41) is 13.3. The zero-order valence-corrected chi connectivity index (χ0v) is 15.0. The molecule has 0 heterocycles. The van der Waals surface area contributed by atoms with Gasteiger partial charge in [-0.2, -0.15) is 0 Å². The first kappa shape index (κ1) is 18.2. The molecule has 0 aliphatic heterocycles. The Labute approximate surface area is 155 Å². The Morgan fingerprint density at radius 1 is 1.20 bits per heavy atom. The van der Waals surface area contributed by atoms with Crippen molar-refractivity contribution in [3.8, 4) is 0 Å². The molecule has 1 aromatic carbocycles. The molecule has 1 aromatic rings. The summed E-state index contributed by atoms with van der Waals surface area (Å²) in [5.74, 6) is -2.22.